The summed E-state index contributed by atoms with van der Waals surface area (Å²) < 4.78 is 0. The van der Waals surface area contributed by atoms with Crippen LogP contribution in [-0.4, -0.2) is 51.6 Å². The minimum atomic E-state index is -0.430. The number of hydrogen-bond donors (Lipinski definition) is 1. The Morgan fingerprint density at radius 1 is 1.17 bits per heavy atom. The number of amides is 2. The molecule has 0 radical (unpaired) electrons. The van der Waals surface area contributed by atoms with Crippen molar-refractivity contribution in [3.8, 4) is 5.75 Å². The van der Waals surface area contributed by atoms with E-state index in [0.717, 1.165) is 25.9 Å². The van der Waals surface area contributed by atoms with Crippen LogP contribution in [0.15, 0.2) is 24.3 Å². The van der Waals surface area contributed by atoms with Gasteiger partial charge in [0.2, 0.25) is 11.8 Å². The molecule has 6 heteroatoms. The fraction of sp³-hybridized carbons (Fsp3) is 0.529. The molecule has 2 saturated heterocycles. The third-order valence-corrected chi connectivity index (χ3v) is 5.82. The Hall–Kier alpha value is -1.69. The summed E-state index contributed by atoms with van der Waals surface area (Å²) in [6.07, 6.45) is 3.24. The van der Waals surface area contributed by atoms with E-state index in [9.17, 15) is 14.7 Å². The molecule has 0 aliphatic carbocycles. The van der Waals surface area contributed by atoms with Crippen LogP contribution in [0.1, 0.15) is 37.1 Å². The number of para-hydroxylation sites is 1. The molecule has 2 aliphatic rings. The highest BCUT2D eigenvalue weighted by Crippen LogP contribution is 2.44. The Labute approximate surface area is 140 Å². The van der Waals surface area contributed by atoms with Gasteiger partial charge >= 0.3 is 0 Å². The lowest BCUT2D eigenvalue weighted by Crippen LogP contribution is -2.50. The number of carbonyl (C=O) groups is 2. The number of likely N-dealkylation sites (tertiary alicyclic amines) is 1. The van der Waals surface area contributed by atoms with Gasteiger partial charge in [0, 0.05) is 31.3 Å². The minimum Gasteiger partial charge on any atom is -0.508 e. The van der Waals surface area contributed by atoms with Crippen molar-refractivity contribution in [1.29, 1.82) is 0 Å². The smallest absolute Gasteiger partial charge is 0.246 e. The first-order valence-corrected chi connectivity index (χ1v) is 9.11. The van der Waals surface area contributed by atoms with Crippen molar-refractivity contribution in [3.05, 3.63) is 29.8 Å². The zero-order chi connectivity index (χ0) is 16.4. The Morgan fingerprint density at radius 3 is 2.52 bits per heavy atom. The number of hydrogen-bond acceptors (Lipinski definition) is 4. The molecule has 0 spiro atoms. The molecule has 2 amide bonds. The van der Waals surface area contributed by atoms with Gasteiger partial charge in [-0.1, -0.05) is 18.2 Å². The van der Waals surface area contributed by atoms with E-state index in [-0.39, 0.29) is 22.9 Å². The van der Waals surface area contributed by atoms with Gasteiger partial charge in [0.25, 0.3) is 0 Å². The van der Waals surface area contributed by atoms with E-state index in [4.69, 9.17) is 0 Å². The first-order valence-electron chi connectivity index (χ1n) is 8.07. The summed E-state index contributed by atoms with van der Waals surface area (Å²) in [5.74, 6) is 0.666. The third-order valence-electron chi connectivity index (χ3n) is 4.52. The number of phenols is 1. The van der Waals surface area contributed by atoms with Crippen molar-refractivity contribution in [2.24, 2.45) is 0 Å². The van der Waals surface area contributed by atoms with Crippen molar-refractivity contribution < 1.29 is 14.7 Å². The van der Waals surface area contributed by atoms with Crippen LogP contribution in [0.3, 0.4) is 0 Å². The summed E-state index contributed by atoms with van der Waals surface area (Å²) in [5.41, 5.74) is 0.696. The van der Waals surface area contributed by atoms with Crippen LogP contribution in [0, 0.1) is 0 Å². The molecule has 2 atom stereocenters. The second kappa shape index (κ2) is 6.83. The second-order valence-corrected chi connectivity index (χ2v) is 7.19. The maximum absolute atomic E-state index is 12.8. The normalized spacial score (nSPS) is 24.7. The first-order chi connectivity index (χ1) is 11.1. The summed E-state index contributed by atoms with van der Waals surface area (Å²) >= 11 is 1.54. The lowest BCUT2D eigenvalue weighted by atomic mass is 10.1. The summed E-state index contributed by atoms with van der Waals surface area (Å²) in [6.45, 7) is 3.06. The number of piperidine rings is 1. The zero-order valence-electron chi connectivity index (χ0n) is 13.3. The van der Waals surface area contributed by atoms with Gasteiger partial charge in [0.15, 0.2) is 0 Å². The summed E-state index contributed by atoms with van der Waals surface area (Å²) in [7, 11) is 0. The number of aromatic hydroxyl groups is 1. The van der Waals surface area contributed by atoms with Crippen LogP contribution < -0.4 is 0 Å². The van der Waals surface area contributed by atoms with E-state index in [1.807, 2.05) is 17.0 Å². The zero-order valence-corrected chi connectivity index (χ0v) is 14.1. The third kappa shape index (κ3) is 3.17. The Balaban J connectivity index is 1.84. The SMILES string of the molecule is CC(=O)N1[C@@H](C(=O)N2CCCCC2)CS[C@H]1c1ccccc1O. The van der Waals surface area contributed by atoms with Crippen molar-refractivity contribution in [3.63, 3.8) is 0 Å². The van der Waals surface area contributed by atoms with Crippen LogP contribution in [-0.2, 0) is 9.59 Å². The standard InChI is InChI=1S/C17H22N2O3S/c1-12(20)19-14(16(22)18-9-5-2-6-10-18)11-23-17(19)13-7-3-4-8-15(13)21/h3-4,7-8,14,17,21H,2,5-6,9-11H2,1H3/t14-,17+/m1/s1. The number of nitrogens with zero attached hydrogens (tertiary/aromatic N) is 2. The summed E-state index contributed by atoms with van der Waals surface area (Å²) in [4.78, 5) is 28.6. The highest BCUT2D eigenvalue weighted by atomic mass is 32.2. The van der Waals surface area contributed by atoms with E-state index in [0.29, 0.717) is 11.3 Å². The predicted molar refractivity (Wildman–Crippen MR) is 90.0 cm³/mol. The van der Waals surface area contributed by atoms with Crippen molar-refractivity contribution >= 4 is 23.6 Å². The number of rotatable bonds is 2. The van der Waals surface area contributed by atoms with E-state index in [1.165, 1.54) is 13.3 Å². The highest BCUT2D eigenvalue weighted by molar-refractivity contribution is 7.99. The van der Waals surface area contributed by atoms with Gasteiger partial charge in [0.1, 0.15) is 17.2 Å². The largest absolute Gasteiger partial charge is 0.508 e. The van der Waals surface area contributed by atoms with E-state index in [1.54, 1.807) is 28.8 Å². The topological polar surface area (TPSA) is 60.9 Å². The van der Waals surface area contributed by atoms with Gasteiger partial charge in [-0.05, 0) is 25.3 Å². The summed E-state index contributed by atoms with van der Waals surface area (Å²) in [6, 6.07) is 6.60. The van der Waals surface area contributed by atoms with Crippen LogP contribution in [0.4, 0.5) is 0 Å². The molecule has 2 aliphatic heterocycles. The van der Waals surface area contributed by atoms with Gasteiger partial charge in [0.05, 0.1) is 0 Å². The average Bonchev–Trinajstić information content (AvgIpc) is 3.00. The molecular formula is C17H22N2O3S. The molecule has 5 nitrogen and oxygen atoms in total. The van der Waals surface area contributed by atoms with Gasteiger partial charge in [-0.25, -0.2) is 0 Å². The van der Waals surface area contributed by atoms with E-state index in [2.05, 4.69) is 0 Å². The monoisotopic (exact) mass is 334 g/mol. The molecule has 124 valence electrons. The van der Waals surface area contributed by atoms with Gasteiger partial charge in [-0.15, -0.1) is 11.8 Å². The molecule has 0 unspecified atom stereocenters. The lowest BCUT2D eigenvalue weighted by molar-refractivity contribution is -0.144. The second-order valence-electron chi connectivity index (χ2n) is 6.07. The lowest BCUT2D eigenvalue weighted by Gasteiger charge is -2.33. The Morgan fingerprint density at radius 2 is 1.87 bits per heavy atom. The maximum Gasteiger partial charge on any atom is 0.246 e. The quantitative estimate of drug-likeness (QED) is 0.902. The molecule has 23 heavy (non-hydrogen) atoms. The van der Waals surface area contributed by atoms with Crippen molar-refractivity contribution in [2.75, 3.05) is 18.8 Å². The van der Waals surface area contributed by atoms with Crippen molar-refractivity contribution in [2.45, 2.75) is 37.6 Å². The van der Waals surface area contributed by atoms with Gasteiger partial charge < -0.3 is 14.9 Å². The van der Waals surface area contributed by atoms with E-state index < -0.39 is 6.04 Å². The van der Waals surface area contributed by atoms with Crippen LogP contribution in [0.25, 0.3) is 0 Å². The molecule has 1 N–H and O–H groups in total. The Bertz CT molecular complexity index is 601. The highest BCUT2D eigenvalue weighted by Gasteiger charge is 2.43. The number of carbonyl (C=O) groups excluding carboxylic acids is 2. The minimum absolute atomic E-state index is 0.0466. The number of phenolic OH excluding ortho intramolecular Hbond substituents is 1. The van der Waals surface area contributed by atoms with E-state index >= 15 is 0 Å². The van der Waals surface area contributed by atoms with Crippen molar-refractivity contribution in [1.82, 2.24) is 9.80 Å². The molecule has 0 saturated carbocycles. The van der Waals surface area contributed by atoms with Gasteiger partial charge in [-0.2, -0.15) is 0 Å². The van der Waals surface area contributed by atoms with Crippen LogP contribution in [0.2, 0.25) is 0 Å². The number of benzene rings is 1. The first kappa shape index (κ1) is 16.2. The molecule has 3 rings (SSSR count). The predicted octanol–water partition coefficient (Wildman–Crippen LogP) is 2.37. The molecule has 2 fully saturated rings. The summed E-state index contributed by atoms with van der Waals surface area (Å²) in [5, 5.41) is 9.80. The average molecular weight is 334 g/mol. The fourth-order valence-corrected chi connectivity index (χ4v) is 4.84. The van der Waals surface area contributed by atoms with Gasteiger partial charge in [-0.3, -0.25) is 9.59 Å². The Kier molecular flexibility index (Phi) is 4.80. The molecular weight excluding hydrogens is 312 g/mol. The number of thioether (sulfide) groups is 1. The fourth-order valence-electron chi connectivity index (χ4n) is 3.34. The maximum atomic E-state index is 12.8. The molecule has 0 bridgehead atoms. The van der Waals surface area contributed by atoms with Crippen LogP contribution >= 0.6 is 11.8 Å². The molecule has 0 aromatic heterocycles. The van der Waals surface area contributed by atoms with Crippen LogP contribution in [0.5, 0.6) is 5.75 Å². The molecule has 2 heterocycles. The molecule has 1 aromatic carbocycles. The molecule has 1 aromatic rings.